The SMILES string of the molecule is CCc1ccccc1N(C(=O)CNC(=O)c1cccs1)[C@H](C(=O)NC1CCCC1)c1cccs1. The maximum absolute atomic E-state index is 13.7. The summed E-state index contributed by atoms with van der Waals surface area (Å²) in [6, 6.07) is 14.3. The molecule has 1 aromatic carbocycles. The normalized spacial score (nSPS) is 14.5. The van der Waals surface area contributed by atoms with Crippen molar-refractivity contribution in [3.63, 3.8) is 0 Å². The summed E-state index contributed by atoms with van der Waals surface area (Å²) in [5.41, 5.74) is 1.66. The van der Waals surface area contributed by atoms with Crippen molar-refractivity contribution in [3.8, 4) is 0 Å². The molecule has 0 spiro atoms. The van der Waals surface area contributed by atoms with Gasteiger partial charge in [-0.15, -0.1) is 22.7 Å². The van der Waals surface area contributed by atoms with Gasteiger partial charge in [0.15, 0.2) is 0 Å². The lowest BCUT2D eigenvalue weighted by Crippen LogP contribution is -2.49. The monoisotopic (exact) mass is 495 g/mol. The summed E-state index contributed by atoms with van der Waals surface area (Å²) in [6.07, 6.45) is 4.83. The smallest absolute Gasteiger partial charge is 0.261 e. The molecule has 1 atom stereocenters. The maximum Gasteiger partial charge on any atom is 0.261 e. The van der Waals surface area contributed by atoms with E-state index in [0.29, 0.717) is 17.0 Å². The molecule has 1 aliphatic rings. The van der Waals surface area contributed by atoms with Crippen LogP contribution in [0.1, 0.15) is 58.8 Å². The van der Waals surface area contributed by atoms with E-state index in [2.05, 4.69) is 10.6 Å². The van der Waals surface area contributed by atoms with Crippen LogP contribution in [-0.2, 0) is 16.0 Å². The largest absolute Gasteiger partial charge is 0.351 e. The standard InChI is InChI=1S/C26H29N3O3S2/c1-2-18-9-3-6-12-20(18)29(23(30)17-27-25(31)22-14-8-16-34-22)24(21-13-7-15-33-21)26(32)28-19-10-4-5-11-19/h3,6-9,12-16,19,24H,2,4-5,10-11,17H2,1H3,(H,27,31)(H,28,32)/t24-/m0/s1. The Kier molecular flexibility index (Phi) is 8.13. The number of amides is 3. The predicted molar refractivity (Wildman–Crippen MR) is 137 cm³/mol. The second-order valence-corrected chi connectivity index (χ2v) is 10.2. The van der Waals surface area contributed by atoms with E-state index in [1.807, 2.05) is 54.1 Å². The Bertz CT molecular complexity index is 1110. The van der Waals surface area contributed by atoms with Crippen molar-refractivity contribution in [2.75, 3.05) is 11.4 Å². The van der Waals surface area contributed by atoms with Gasteiger partial charge in [0, 0.05) is 16.6 Å². The van der Waals surface area contributed by atoms with Crippen LogP contribution in [0.25, 0.3) is 0 Å². The highest BCUT2D eigenvalue weighted by molar-refractivity contribution is 7.12. The van der Waals surface area contributed by atoms with Gasteiger partial charge in [-0.2, -0.15) is 0 Å². The van der Waals surface area contributed by atoms with Crippen LogP contribution in [0.2, 0.25) is 0 Å². The lowest BCUT2D eigenvalue weighted by molar-refractivity contribution is -0.126. The third-order valence-corrected chi connectivity index (χ3v) is 7.86. The second kappa shape index (κ2) is 11.4. The topological polar surface area (TPSA) is 78.5 Å². The molecule has 0 bridgehead atoms. The van der Waals surface area contributed by atoms with Crippen molar-refractivity contribution in [2.45, 2.75) is 51.1 Å². The number of hydrogen-bond acceptors (Lipinski definition) is 5. The summed E-state index contributed by atoms with van der Waals surface area (Å²) in [5.74, 6) is -0.806. The maximum atomic E-state index is 13.7. The van der Waals surface area contributed by atoms with Gasteiger partial charge in [-0.05, 0) is 53.8 Å². The molecule has 1 saturated carbocycles. The van der Waals surface area contributed by atoms with Gasteiger partial charge in [0.2, 0.25) is 11.8 Å². The lowest BCUT2D eigenvalue weighted by Gasteiger charge is -2.33. The molecule has 2 aromatic heterocycles. The van der Waals surface area contributed by atoms with E-state index in [1.54, 1.807) is 17.0 Å². The van der Waals surface area contributed by atoms with Crippen molar-refractivity contribution < 1.29 is 14.4 Å². The molecule has 178 valence electrons. The average molecular weight is 496 g/mol. The molecule has 0 unspecified atom stereocenters. The van der Waals surface area contributed by atoms with Gasteiger partial charge in [-0.1, -0.05) is 50.1 Å². The molecule has 1 aliphatic carbocycles. The number of thiophene rings is 2. The molecular weight excluding hydrogens is 466 g/mol. The molecule has 8 heteroatoms. The Hall–Kier alpha value is -2.97. The van der Waals surface area contributed by atoms with E-state index < -0.39 is 6.04 Å². The van der Waals surface area contributed by atoms with Gasteiger partial charge in [0.05, 0.1) is 11.4 Å². The third-order valence-electron chi connectivity index (χ3n) is 6.07. The Balaban J connectivity index is 1.67. The highest BCUT2D eigenvalue weighted by Crippen LogP contribution is 2.33. The molecule has 1 fully saturated rings. The van der Waals surface area contributed by atoms with Crippen LogP contribution in [0.4, 0.5) is 5.69 Å². The number of benzene rings is 1. The molecule has 2 N–H and O–H groups in total. The average Bonchev–Trinajstić information content (AvgIpc) is 3.64. The van der Waals surface area contributed by atoms with Gasteiger partial charge in [-0.3, -0.25) is 19.3 Å². The van der Waals surface area contributed by atoms with Crippen LogP contribution in [0.15, 0.2) is 59.3 Å². The van der Waals surface area contributed by atoms with Gasteiger partial charge < -0.3 is 10.6 Å². The molecule has 0 radical (unpaired) electrons. The molecule has 2 heterocycles. The summed E-state index contributed by atoms with van der Waals surface area (Å²) in [5, 5.41) is 9.66. The summed E-state index contributed by atoms with van der Waals surface area (Å²) in [4.78, 5) is 42.8. The molecule has 3 aromatic rings. The molecule has 3 amide bonds. The number of nitrogens with zero attached hydrogens (tertiary/aromatic N) is 1. The van der Waals surface area contributed by atoms with Crippen molar-refractivity contribution in [2.24, 2.45) is 0 Å². The van der Waals surface area contributed by atoms with Gasteiger partial charge in [0.1, 0.15) is 6.04 Å². The highest BCUT2D eigenvalue weighted by Gasteiger charge is 2.35. The van der Waals surface area contributed by atoms with Gasteiger partial charge >= 0.3 is 0 Å². The van der Waals surface area contributed by atoms with Crippen LogP contribution in [0, 0.1) is 0 Å². The predicted octanol–water partition coefficient (Wildman–Crippen LogP) is 4.94. The summed E-state index contributed by atoms with van der Waals surface area (Å²) in [7, 11) is 0. The Morgan fingerprint density at radius 3 is 2.41 bits per heavy atom. The minimum atomic E-state index is -0.806. The van der Waals surface area contributed by atoms with Crippen LogP contribution in [0.3, 0.4) is 0 Å². The quantitative estimate of drug-likeness (QED) is 0.442. The second-order valence-electron chi connectivity index (χ2n) is 8.31. The zero-order valence-electron chi connectivity index (χ0n) is 19.2. The number of aryl methyl sites for hydroxylation is 1. The fourth-order valence-electron chi connectivity index (χ4n) is 4.37. The summed E-state index contributed by atoms with van der Waals surface area (Å²) >= 11 is 2.77. The zero-order chi connectivity index (χ0) is 23.9. The highest BCUT2D eigenvalue weighted by atomic mass is 32.1. The molecule has 0 aliphatic heterocycles. The molecule has 34 heavy (non-hydrogen) atoms. The number of carbonyl (C=O) groups is 3. The van der Waals surface area contributed by atoms with E-state index in [4.69, 9.17) is 0 Å². The Morgan fingerprint density at radius 1 is 1.00 bits per heavy atom. The fraction of sp³-hybridized carbons (Fsp3) is 0.346. The van der Waals surface area contributed by atoms with Gasteiger partial charge in [0.25, 0.3) is 5.91 Å². The third kappa shape index (κ3) is 5.56. The van der Waals surface area contributed by atoms with E-state index >= 15 is 0 Å². The molecule has 0 saturated heterocycles. The van der Waals surface area contributed by atoms with E-state index in [9.17, 15) is 14.4 Å². The van der Waals surface area contributed by atoms with Crippen LogP contribution < -0.4 is 15.5 Å². The number of anilines is 1. The number of nitrogens with one attached hydrogen (secondary N) is 2. The van der Waals surface area contributed by atoms with Crippen molar-refractivity contribution in [3.05, 3.63) is 74.6 Å². The van der Waals surface area contributed by atoms with Crippen LogP contribution in [0.5, 0.6) is 0 Å². The number of rotatable bonds is 9. The van der Waals surface area contributed by atoms with Crippen molar-refractivity contribution >= 4 is 46.1 Å². The fourth-order valence-corrected chi connectivity index (χ4v) is 5.82. The van der Waals surface area contributed by atoms with E-state index in [0.717, 1.165) is 36.1 Å². The van der Waals surface area contributed by atoms with Crippen LogP contribution >= 0.6 is 22.7 Å². The lowest BCUT2D eigenvalue weighted by atomic mass is 10.1. The molecule has 6 nitrogen and oxygen atoms in total. The van der Waals surface area contributed by atoms with Crippen molar-refractivity contribution in [1.29, 1.82) is 0 Å². The minimum Gasteiger partial charge on any atom is -0.351 e. The number of para-hydroxylation sites is 1. The first-order valence-corrected chi connectivity index (χ1v) is 13.4. The van der Waals surface area contributed by atoms with Crippen molar-refractivity contribution in [1.82, 2.24) is 10.6 Å². The molecular formula is C26H29N3O3S2. The minimum absolute atomic E-state index is 0.131. The number of carbonyl (C=O) groups excluding carboxylic acids is 3. The van der Waals surface area contributed by atoms with Gasteiger partial charge in [-0.25, -0.2) is 0 Å². The Morgan fingerprint density at radius 2 is 1.74 bits per heavy atom. The first-order chi connectivity index (χ1) is 16.6. The van der Waals surface area contributed by atoms with E-state index in [-0.39, 0.29) is 30.3 Å². The summed E-state index contributed by atoms with van der Waals surface area (Å²) < 4.78 is 0. The first kappa shape index (κ1) is 24.2. The zero-order valence-corrected chi connectivity index (χ0v) is 20.8. The van der Waals surface area contributed by atoms with E-state index in [1.165, 1.54) is 22.7 Å². The van der Waals surface area contributed by atoms with Crippen LogP contribution in [-0.4, -0.2) is 30.3 Å². The Labute approximate surface area is 208 Å². The first-order valence-electron chi connectivity index (χ1n) is 11.6. The molecule has 4 rings (SSSR count). The summed E-state index contributed by atoms with van der Waals surface area (Å²) in [6.45, 7) is 1.83. The number of hydrogen-bond donors (Lipinski definition) is 2.